The highest BCUT2D eigenvalue weighted by Crippen LogP contribution is 2.30. The molecular weight excluding hydrogens is 194 g/mol. The van der Waals surface area contributed by atoms with Crippen LogP contribution in [0.1, 0.15) is 38.7 Å². The molecule has 1 nitrogen and oxygen atoms in total. The summed E-state index contributed by atoms with van der Waals surface area (Å²) in [5, 5.41) is 3.64. The van der Waals surface area contributed by atoms with Gasteiger partial charge in [0, 0.05) is 6.04 Å². The minimum Gasteiger partial charge on any atom is -0.314 e. The zero-order valence-electron chi connectivity index (χ0n) is 10.5. The smallest absolute Gasteiger partial charge is 0.00753 e. The van der Waals surface area contributed by atoms with Crippen molar-refractivity contribution in [2.24, 2.45) is 5.41 Å². The van der Waals surface area contributed by atoms with E-state index in [2.05, 4.69) is 49.5 Å². The molecule has 2 rings (SSSR count). The van der Waals surface area contributed by atoms with Crippen LogP contribution in [0.5, 0.6) is 0 Å². The van der Waals surface area contributed by atoms with Crippen molar-refractivity contribution in [1.29, 1.82) is 0 Å². The van der Waals surface area contributed by atoms with Crippen LogP contribution in [-0.4, -0.2) is 12.6 Å². The van der Waals surface area contributed by atoms with Crippen LogP contribution < -0.4 is 5.32 Å². The van der Waals surface area contributed by atoms with Gasteiger partial charge < -0.3 is 5.32 Å². The van der Waals surface area contributed by atoms with Gasteiger partial charge in [-0.2, -0.15) is 0 Å². The van der Waals surface area contributed by atoms with Crippen molar-refractivity contribution < 1.29 is 0 Å². The third-order valence-corrected chi connectivity index (χ3v) is 3.66. The van der Waals surface area contributed by atoms with E-state index in [1.54, 1.807) is 0 Å². The molecule has 0 radical (unpaired) electrons. The minimum absolute atomic E-state index is 0.534. The Morgan fingerprint density at radius 2 is 2.00 bits per heavy atom. The highest BCUT2D eigenvalue weighted by molar-refractivity contribution is 5.14. The fourth-order valence-electron chi connectivity index (χ4n) is 2.65. The van der Waals surface area contributed by atoms with Crippen LogP contribution in [0.3, 0.4) is 0 Å². The summed E-state index contributed by atoms with van der Waals surface area (Å²) in [5.41, 5.74) is 2.00. The van der Waals surface area contributed by atoms with Gasteiger partial charge in [-0.15, -0.1) is 0 Å². The normalized spacial score (nSPS) is 24.2. The fraction of sp³-hybridized carbons (Fsp3) is 0.600. The van der Waals surface area contributed by atoms with Crippen molar-refractivity contribution >= 4 is 0 Å². The second kappa shape index (κ2) is 5.01. The van der Waals surface area contributed by atoms with E-state index in [4.69, 9.17) is 0 Å². The first kappa shape index (κ1) is 11.7. The third kappa shape index (κ3) is 3.34. The van der Waals surface area contributed by atoms with Gasteiger partial charge in [0.25, 0.3) is 0 Å². The molecule has 0 spiro atoms. The minimum atomic E-state index is 0.534. The highest BCUT2D eigenvalue weighted by Gasteiger charge is 2.26. The molecule has 1 atom stereocenters. The van der Waals surface area contributed by atoms with Crippen molar-refractivity contribution in [3.05, 3.63) is 35.9 Å². The SMILES string of the molecule is CC1(C)CCNC(CCc2ccccc2)C1. The van der Waals surface area contributed by atoms with E-state index in [1.807, 2.05) is 0 Å². The maximum Gasteiger partial charge on any atom is 0.00753 e. The summed E-state index contributed by atoms with van der Waals surface area (Å²) in [4.78, 5) is 0. The van der Waals surface area contributed by atoms with Crippen LogP contribution in [-0.2, 0) is 6.42 Å². The molecule has 1 aliphatic heterocycles. The second-order valence-corrected chi connectivity index (χ2v) is 5.79. The first-order valence-electron chi connectivity index (χ1n) is 6.43. The van der Waals surface area contributed by atoms with Crippen LogP contribution >= 0.6 is 0 Å². The van der Waals surface area contributed by atoms with Gasteiger partial charge in [-0.25, -0.2) is 0 Å². The van der Waals surface area contributed by atoms with E-state index in [0.717, 1.165) is 0 Å². The zero-order chi connectivity index (χ0) is 11.4. The quantitative estimate of drug-likeness (QED) is 0.818. The summed E-state index contributed by atoms with van der Waals surface area (Å²) < 4.78 is 0. The molecular formula is C15H23N. The lowest BCUT2D eigenvalue weighted by Crippen LogP contribution is -2.41. The standard InChI is InChI=1S/C15H23N/c1-15(2)10-11-16-14(12-15)9-8-13-6-4-3-5-7-13/h3-7,14,16H,8-12H2,1-2H3. The lowest BCUT2D eigenvalue weighted by atomic mass is 9.78. The summed E-state index contributed by atoms with van der Waals surface area (Å²) in [5.74, 6) is 0. The van der Waals surface area contributed by atoms with Gasteiger partial charge >= 0.3 is 0 Å². The van der Waals surface area contributed by atoms with E-state index < -0.39 is 0 Å². The molecule has 0 saturated carbocycles. The molecule has 1 N–H and O–H groups in total. The third-order valence-electron chi connectivity index (χ3n) is 3.66. The van der Waals surface area contributed by atoms with E-state index >= 15 is 0 Å². The first-order valence-corrected chi connectivity index (χ1v) is 6.43. The summed E-state index contributed by atoms with van der Waals surface area (Å²) in [6.07, 6.45) is 5.11. The Morgan fingerprint density at radius 3 is 2.69 bits per heavy atom. The van der Waals surface area contributed by atoms with E-state index in [1.165, 1.54) is 37.8 Å². The van der Waals surface area contributed by atoms with Gasteiger partial charge in [0.15, 0.2) is 0 Å². The predicted molar refractivity (Wildman–Crippen MR) is 69.6 cm³/mol. The van der Waals surface area contributed by atoms with Crippen molar-refractivity contribution in [2.75, 3.05) is 6.54 Å². The predicted octanol–water partition coefficient (Wildman–Crippen LogP) is 3.40. The lowest BCUT2D eigenvalue weighted by molar-refractivity contribution is 0.203. The number of hydrogen-bond acceptors (Lipinski definition) is 1. The van der Waals surface area contributed by atoms with E-state index in [-0.39, 0.29) is 0 Å². The van der Waals surface area contributed by atoms with Crippen LogP contribution in [0.15, 0.2) is 30.3 Å². The van der Waals surface area contributed by atoms with Gasteiger partial charge in [0.05, 0.1) is 0 Å². The van der Waals surface area contributed by atoms with Gasteiger partial charge in [-0.1, -0.05) is 44.2 Å². The van der Waals surface area contributed by atoms with Crippen LogP contribution in [0.25, 0.3) is 0 Å². The van der Waals surface area contributed by atoms with Gasteiger partial charge in [0.1, 0.15) is 0 Å². The van der Waals surface area contributed by atoms with Crippen molar-refractivity contribution in [1.82, 2.24) is 5.32 Å². The number of benzene rings is 1. The second-order valence-electron chi connectivity index (χ2n) is 5.79. The number of rotatable bonds is 3. The topological polar surface area (TPSA) is 12.0 Å². The van der Waals surface area contributed by atoms with Crippen LogP contribution in [0, 0.1) is 5.41 Å². The summed E-state index contributed by atoms with van der Waals surface area (Å²) in [7, 11) is 0. The molecule has 0 aromatic heterocycles. The Kier molecular flexibility index (Phi) is 3.65. The maximum atomic E-state index is 3.64. The summed E-state index contributed by atoms with van der Waals surface area (Å²) in [6.45, 7) is 5.97. The molecule has 1 saturated heterocycles. The molecule has 0 aliphatic carbocycles. The molecule has 1 aromatic carbocycles. The Labute approximate surface area is 99.3 Å². The van der Waals surface area contributed by atoms with Crippen molar-refractivity contribution in [2.45, 2.75) is 45.6 Å². The number of aryl methyl sites for hydroxylation is 1. The molecule has 1 heteroatoms. The van der Waals surface area contributed by atoms with Crippen LogP contribution in [0.2, 0.25) is 0 Å². The maximum absolute atomic E-state index is 3.64. The van der Waals surface area contributed by atoms with E-state index in [0.29, 0.717) is 11.5 Å². The Balaban J connectivity index is 1.82. The van der Waals surface area contributed by atoms with Gasteiger partial charge in [0.2, 0.25) is 0 Å². The van der Waals surface area contributed by atoms with Crippen molar-refractivity contribution in [3.8, 4) is 0 Å². The zero-order valence-corrected chi connectivity index (χ0v) is 10.5. The van der Waals surface area contributed by atoms with Crippen molar-refractivity contribution in [3.63, 3.8) is 0 Å². The molecule has 0 bridgehead atoms. The Morgan fingerprint density at radius 1 is 1.25 bits per heavy atom. The molecule has 1 aromatic rings. The summed E-state index contributed by atoms with van der Waals surface area (Å²) in [6, 6.07) is 11.5. The average molecular weight is 217 g/mol. The van der Waals surface area contributed by atoms with Gasteiger partial charge in [-0.05, 0) is 43.2 Å². The molecule has 88 valence electrons. The number of piperidine rings is 1. The molecule has 1 unspecified atom stereocenters. The first-order chi connectivity index (χ1) is 7.66. The molecule has 1 aliphatic rings. The summed E-state index contributed by atoms with van der Waals surface area (Å²) >= 11 is 0. The van der Waals surface area contributed by atoms with E-state index in [9.17, 15) is 0 Å². The highest BCUT2D eigenvalue weighted by atomic mass is 14.9. The number of nitrogens with one attached hydrogen (secondary N) is 1. The molecule has 1 fully saturated rings. The molecule has 1 heterocycles. The molecule has 16 heavy (non-hydrogen) atoms. The average Bonchev–Trinajstić information content (AvgIpc) is 2.27. The molecule has 0 amide bonds. The fourth-order valence-corrected chi connectivity index (χ4v) is 2.65. The van der Waals surface area contributed by atoms with Gasteiger partial charge in [-0.3, -0.25) is 0 Å². The Bertz CT molecular complexity index is 315. The van der Waals surface area contributed by atoms with Crippen LogP contribution in [0.4, 0.5) is 0 Å². The lowest BCUT2D eigenvalue weighted by Gasteiger charge is -2.36. The Hall–Kier alpha value is -0.820. The number of hydrogen-bond donors (Lipinski definition) is 1. The monoisotopic (exact) mass is 217 g/mol. The largest absolute Gasteiger partial charge is 0.314 e.